The molecule has 182 valence electrons. The van der Waals surface area contributed by atoms with Crippen LogP contribution in [0.3, 0.4) is 0 Å². The third-order valence-electron chi connectivity index (χ3n) is 5.50. The molecule has 7 nitrogen and oxygen atoms in total. The molecule has 1 unspecified atom stereocenters. The second kappa shape index (κ2) is 14.1. The predicted octanol–water partition coefficient (Wildman–Crippen LogP) is -2.31. The smallest absolute Gasteiger partial charge is 0.545 e. The van der Waals surface area contributed by atoms with E-state index in [1.807, 2.05) is 38.1 Å². The van der Waals surface area contributed by atoms with Crippen molar-refractivity contribution in [2.75, 3.05) is 10.6 Å². The fraction of sp³-hybridized carbons (Fsp3) is 0.0714. The number of carbonyl (C=O) groups excluding carboxylic acids is 2. The molecule has 0 saturated carbocycles. The summed E-state index contributed by atoms with van der Waals surface area (Å²) >= 11 is 0. The Morgan fingerprint density at radius 2 is 1.21 bits per heavy atom. The van der Waals surface area contributed by atoms with E-state index in [0.717, 1.165) is 17.2 Å². The number of hydrogen-bond acceptors (Lipinski definition) is 7. The molecule has 0 amide bonds. The summed E-state index contributed by atoms with van der Waals surface area (Å²) in [6.45, 7) is 3.80. The molecule has 10 heteroatoms. The number of aromatic carboxylic acids is 2. The van der Waals surface area contributed by atoms with Crippen molar-refractivity contribution in [3.8, 4) is 0 Å². The Balaban J connectivity index is 0.00000253. The van der Waals surface area contributed by atoms with Gasteiger partial charge in [-0.05, 0) is 56.3 Å². The van der Waals surface area contributed by atoms with Gasteiger partial charge in [0, 0.05) is 27.4 Å². The number of carboxylic acids is 2. The van der Waals surface area contributed by atoms with Gasteiger partial charge in [0.2, 0.25) is 0 Å². The first-order valence-electron chi connectivity index (χ1n) is 11.0. The van der Waals surface area contributed by atoms with E-state index in [9.17, 15) is 24.0 Å². The Kier molecular flexibility index (Phi) is 11.8. The Morgan fingerprint density at radius 1 is 0.711 bits per heavy atom. The average Bonchev–Trinajstić information content (AvgIpc) is 2.86. The maximum Gasteiger partial charge on any atom is 1.00 e. The minimum absolute atomic E-state index is 0. The summed E-state index contributed by atoms with van der Waals surface area (Å²) in [6.07, 6.45) is 0. The molecule has 0 aliphatic rings. The van der Waals surface area contributed by atoms with E-state index >= 15 is 0 Å². The van der Waals surface area contributed by atoms with Crippen molar-refractivity contribution in [2.24, 2.45) is 0 Å². The van der Waals surface area contributed by atoms with Crippen LogP contribution in [0.25, 0.3) is 0 Å². The topological polar surface area (TPSA) is 121 Å². The van der Waals surface area contributed by atoms with Gasteiger partial charge in [-0.2, -0.15) is 0 Å². The third-order valence-corrected chi connectivity index (χ3v) is 6.99. The molecule has 4 aromatic carbocycles. The van der Waals surface area contributed by atoms with Crippen LogP contribution in [0, 0.1) is 13.8 Å². The van der Waals surface area contributed by atoms with Crippen LogP contribution in [0.4, 0.5) is 22.7 Å². The van der Waals surface area contributed by atoms with E-state index in [0.29, 0.717) is 16.3 Å². The first kappa shape index (κ1) is 31.8. The number of carbonyl (C=O) groups is 2. The van der Waals surface area contributed by atoms with Crippen molar-refractivity contribution >= 4 is 45.5 Å². The number of hydrogen-bond donors (Lipinski definition) is 2. The number of anilines is 4. The first-order valence-corrected chi connectivity index (χ1v) is 12.2. The number of carboxylic acid groups (broad SMARTS) is 2. The molecule has 0 radical (unpaired) electrons. The van der Waals surface area contributed by atoms with Crippen LogP contribution < -0.4 is 80.0 Å². The summed E-state index contributed by atoms with van der Waals surface area (Å²) in [5.41, 5.74) is 2.01. The van der Waals surface area contributed by atoms with Crippen molar-refractivity contribution < 1.29 is 83.1 Å². The quantitative estimate of drug-likeness (QED) is 0.239. The molecule has 0 bridgehead atoms. The fourth-order valence-electron chi connectivity index (χ4n) is 3.67. The maximum absolute atomic E-state index is 13.7. The van der Waals surface area contributed by atoms with Crippen LogP contribution in [-0.4, -0.2) is 16.1 Å². The van der Waals surface area contributed by atoms with Crippen molar-refractivity contribution in [1.29, 1.82) is 0 Å². The normalized spacial score (nSPS) is 10.9. The van der Waals surface area contributed by atoms with E-state index in [4.69, 9.17) is 0 Å². The summed E-state index contributed by atoms with van der Waals surface area (Å²) in [5.74, 6) is -3.17. The van der Waals surface area contributed by atoms with Gasteiger partial charge in [-0.1, -0.05) is 53.6 Å². The SMILES string of the molecule is Cc1ccc(Nc2cc(C(=O)[O-])c(S(=O)c3ccccc3)c(Nc3ccc(C)cc3)c2C(=O)[O-])cc1.[Na+].[Na+]. The Labute approximate surface area is 267 Å². The van der Waals surface area contributed by atoms with Crippen LogP contribution >= 0.6 is 0 Å². The second-order valence-corrected chi connectivity index (χ2v) is 9.61. The zero-order valence-electron chi connectivity index (χ0n) is 21.5. The maximum atomic E-state index is 13.7. The van der Waals surface area contributed by atoms with Gasteiger partial charge in [-0.25, -0.2) is 4.21 Å². The molecule has 0 aliphatic carbocycles. The molecule has 0 fully saturated rings. The number of nitrogens with one attached hydrogen (secondary N) is 2. The minimum atomic E-state index is -2.06. The van der Waals surface area contributed by atoms with Gasteiger partial charge in [-0.3, -0.25) is 0 Å². The molecule has 0 heterocycles. The molecule has 2 N–H and O–H groups in total. The molecule has 4 aromatic rings. The van der Waals surface area contributed by atoms with Gasteiger partial charge in [0.1, 0.15) is 0 Å². The van der Waals surface area contributed by atoms with Crippen molar-refractivity contribution in [3.05, 3.63) is 107 Å². The zero-order valence-corrected chi connectivity index (χ0v) is 26.3. The van der Waals surface area contributed by atoms with E-state index < -0.39 is 28.3 Å². The Hall–Kier alpha value is -2.43. The number of benzene rings is 4. The summed E-state index contributed by atoms with van der Waals surface area (Å²) in [5, 5.41) is 30.7. The van der Waals surface area contributed by atoms with Crippen LogP contribution in [0.1, 0.15) is 31.8 Å². The van der Waals surface area contributed by atoms with Crippen molar-refractivity contribution in [2.45, 2.75) is 23.6 Å². The molecular formula is C28H22N2Na2O5S. The second-order valence-electron chi connectivity index (χ2n) is 8.19. The Morgan fingerprint density at radius 3 is 1.68 bits per heavy atom. The monoisotopic (exact) mass is 544 g/mol. The molecule has 4 rings (SSSR count). The standard InChI is InChI=1S/C28H24N2O5S.2Na/c1-17-8-12-19(13-9-17)29-23-16-22(27(31)32)26(36(35)21-6-4-3-5-7-21)25(24(23)28(33)34)30-20-14-10-18(2)11-15-20;;/h3-16,29-30H,1-2H3,(H,31,32)(H,33,34);;/q;2*+1/p-2. The van der Waals surface area contributed by atoms with Gasteiger partial charge < -0.3 is 30.4 Å². The van der Waals surface area contributed by atoms with Crippen molar-refractivity contribution in [3.63, 3.8) is 0 Å². The summed E-state index contributed by atoms with van der Waals surface area (Å²) in [4.78, 5) is 24.8. The third kappa shape index (κ3) is 7.36. The van der Waals surface area contributed by atoms with E-state index in [-0.39, 0.29) is 80.9 Å². The molecular weight excluding hydrogens is 522 g/mol. The number of aryl methyl sites for hydroxylation is 2. The molecule has 38 heavy (non-hydrogen) atoms. The summed E-state index contributed by atoms with van der Waals surface area (Å²) in [6, 6.07) is 23.5. The van der Waals surface area contributed by atoms with E-state index in [1.165, 1.54) is 0 Å². The van der Waals surface area contributed by atoms with Gasteiger partial charge in [-0.15, -0.1) is 0 Å². The van der Waals surface area contributed by atoms with E-state index in [2.05, 4.69) is 10.6 Å². The minimum Gasteiger partial charge on any atom is -0.545 e. The van der Waals surface area contributed by atoms with Gasteiger partial charge in [0.05, 0.1) is 39.0 Å². The molecule has 1 atom stereocenters. The van der Waals surface area contributed by atoms with Crippen LogP contribution in [0.2, 0.25) is 0 Å². The van der Waals surface area contributed by atoms with E-state index in [1.54, 1.807) is 54.6 Å². The molecule has 0 aliphatic heterocycles. The Bertz CT molecular complexity index is 1460. The van der Waals surface area contributed by atoms with Gasteiger partial charge in [0.25, 0.3) is 0 Å². The molecule has 0 saturated heterocycles. The van der Waals surface area contributed by atoms with Gasteiger partial charge >= 0.3 is 59.1 Å². The van der Waals surface area contributed by atoms with Crippen LogP contribution in [0.5, 0.6) is 0 Å². The molecule has 0 aromatic heterocycles. The predicted molar refractivity (Wildman–Crippen MR) is 135 cm³/mol. The first-order chi connectivity index (χ1) is 17.2. The van der Waals surface area contributed by atoms with Gasteiger partial charge in [0.15, 0.2) is 0 Å². The number of rotatable bonds is 8. The largest absolute Gasteiger partial charge is 1.00 e. The fourth-order valence-corrected chi connectivity index (χ4v) is 5.00. The van der Waals surface area contributed by atoms with Crippen molar-refractivity contribution in [1.82, 2.24) is 0 Å². The zero-order chi connectivity index (χ0) is 25.8. The van der Waals surface area contributed by atoms with Crippen LogP contribution in [0.15, 0.2) is 94.7 Å². The summed E-state index contributed by atoms with van der Waals surface area (Å²) in [7, 11) is -2.06. The summed E-state index contributed by atoms with van der Waals surface area (Å²) < 4.78 is 13.7. The average molecular weight is 545 g/mol. The van der Waals surface area contributed by atoms with Crippen LogP contribution in [-0.2, 0) is 10.8 Å². The molecule has 0 spiro atoms.